The monoisotopic (exact) mass is 224 g/mol. The van der Waals surface area contributed by atoms with Crippen molar-refractivity contribution in [3.05, 3.63) is 0 Å². The van der Waals surface area contributed by atoms with Gasteiger partial charge in [-0.05, 0) is 39.2 Å². The molecule has 1 heterocycles. The third-order valence-corrected chi connectivity index (χ3v) is 4.42. The number of hydrogen-bond donors (Lipinski definition) is 1. The Morgan fingerprint density at radius 3 is 2.56 bits per heavy atom. The van der Waals surface area contributed by atoms with Gasteiger partial charge in [-0.3, -0.25) is 4.79 Å². The minimum absolute atomic E-state index is 0.0396. The van der Waals surface area contributed by atoms with E-state index >= 15 is 0 Å². The van der Waals surface area contributed by atoms with Gasteiger partial charge < -0.3 is 10.2 Å². The lowest BCUT2D eigenvalue weighted by Crippen LogP contribution is -2.57. The van der Waals surface area contributed by atoms with Crippen molar-refractivity contribution in [2.24, 2.45) is 5.92 Å². The lowest BCUT2D eigenvalue weighted by molar-refractivity contribution is -0.140. The molecule has 0 spiro atoms. The van der Waals surface area contributed by atoms with E-state index in [0.29, 0.717) is 11.8 Å². The molecule has 3 nitrogen and oxygen atoms in total. The lowest BCUT2D eigenvalue weighted by Gasteiger charge is -2.43. The summed E-state index contributed by atoms with van der Waals surface area (Å²) in [6, 6.07) is 0. The number of hydrogen-bond acceptors (Lipinski definition) is 2. The van der Waals surface area contributed by atoms with E-state index in [2.05, 4.69) is 12.2 Å². The van der Waals surface area contributed by atoms with E-state index in [0.717, 1.165) is 32.4 Å². The molecule has 0 aromatic rings. The third-order valence-electron chi connectivity index (χ3n) is 4.42. The van der Waals surface area contributed by atoms with E-state index < -0.39 is 0 Å². The van der Waals surface area contributed by atoms with Crippen molar-refractivity contribution in [3.8, 4) is 0 Å². The average Bonchev–Trinajstić information content (AvgIpc) is 2.81. The van der Waals surface area contributed by atoms with Crippen LogP contribution in [0.1, 0.15) is 45.4 Å². The number of rotatable bonds is 2. The fraction of sp³-hybridized carbons (Fsp3) is 0.923. The van der Waals surface area contributed by atoms with Crippen LogP contribution in [-0.2, 0) is 4.79 Å². The molecular weight excluding hydrogens is 200 g/mol. The predicted molar refractivity (Wildman–Crippen MR) is 65.2 cm³/mol. The molecule has 2 rings (SSSR count). The molecule has 1 saturated carbocycles. The summed E-state index contributed by atoms with van der Waals surface area (Å²) in [5.41, 5.74) is 0.0396. The summed E-state index contributed by atoms with van der Waals surface area (Å²) in [4.78, 5) is 14.4. The summed E-state index contributed by atoms with van der Waals surface area (Å²) in [5, 5.41) is 3.41. The summed E-state index contributed by atoms with van der Waals surface area (Å²) < 4.78 is 0. The molecule has 2 fully saturated rings. The largest absolute Gasteiger partial charge is 0.339 e. The maximum Gasteiger partial charge on any atom is 0.225 e. The summed E-state index contributed by atoms with van der Waals surface area (Å²) in [6.45, 7) is 4.26. The molecule has 1 atom stereocenters. The molecule has 0 aromatic heterocycles. The highest BCUT2D eigenvalue weighted by Gasteiger charge is 2.37. The van der Waals surface area contributed by atoms with Crippen LogP contribution in [0, 0.1) is 5.92 Å². The number of likely N-dealkylation sites (N-methyl/N-ethyl adjacent to an activating group) is 1. The normalized spacial score (nSPS) is 31.6. The minimum Gasteiger partial charge on any atom is -0.339 e. The van der Waals surface area contributed by atoms with Crippen LogP contribution in [0.4, 0.5) is 0 Å². The van der Waals surface area contributed by atoms with Crippen LogP contribution < -0.4 is 5.32 Å². The average molecular weight is 224 g/mol. The topological polar surface area (TPSA) is 32.3 Å². The van der Waals surface area contributed by atoms with Gasteiger partial charge in [0.1, 0.15) is 0 Å². The molecule has 0 bridgehead atoms. The van der Waals surface area contributed by atoms with E-state index in [1.54, 1.807) is 0 Å². The first kappa shape index (κ1) is 11.9. The van der Waals surface area contributed by atoms with E-state index in [4.69, 9.17) is 0 Å². The standard InChI is InChI=1S/C13H24N2O/c1-13(8-5-9-14-10-13)15(2)12(16)11-6-3-4-7-11/h11,14H,3-10H2,1-2H3/t13-/m1/s1. The SMILES string of the molecule is CN(C(=O)C1CCCC1)[C@]1(C)CCCNC1. The number of carbonyl (C=O) groups is 1. The Kier molecular flexibility index (Phi) is 3.53. The third kappa shape index (κ3) is 2.24. The van der Waals surface area contributed by atoms with Gasteiger partial charge in [-0.1, -0.05) is 12.8 Å². The van der Waals surface area contributed by atoms with Crippen LogP contribution in [-0.4, -0.2) is 36.5 Å². The molecule has 0 radical (unpaired) electrons. The van der Waals surface area contributed by atoms with Crippen molar-refractivity contribution < 1.29 is 4.79 Å². The number of nitrogens with zero attached hydrogens (tertiary/aromatic N) is 1. The number of amides is 1. The molecule has 1 amide bonds. The van der Waals surface area contributed by atoms with Gasteiger partial charge in [-0.2, -0.15) is 0 Å². The van der Waals surface area contributed by atoms with Gasteiger partial charge in [-0.15, -0.1) is 0 Å². The highest BCUT2D eigenvalue weighted by atomic mass is 16.2. The summed E-state index contributed by atoms with van der Waals surface area (Å²) in [7, 11) is 1.99. The minimum atomic E-state index is 0.0396. The predicted octanol–water partition coefficient (Wildman–Crippen LogP) is 1.78. The van der Waals surface area contributed by atoms with Crippen molar-refractivity contribution >= 4 is 5.91 Å². The van der Waals surface area contributed by atoms with Crippen LogP contribution in [0.15, 0.2) is 0 Å². The highest BCUT2D eigenvalue weighted by Crippen LogP contribution is 2.30. The van der Waals surface area contributed by atoms with Crippen molar-refractivity contribution in [1.29, 1.82) is 0 Å². The molecule has 1 saturated heterocycles. The van der Waals surface area contributed by atoms with Gasteiger partial charge >= 0.3 is 0 Å². The Bertz CT molecular complexity index is 253. The maximum absolute atomic E-state index is 12.3. The van der Waals surface area contributed by atoms with Crippen LogP contribution in [0.25, 0.3) is 0 Å². The zero-order valence-corrected chi connectivity index (χ0v) is 10.6. The Morgan fingerprint density at radius 2 is 2.00 bits per heavy atom. The lowest BCUT2D eigenvalue weighted by atomic mass is 9.89. The molecule has 1 aliphatic carbocycles. The molecule has 3 heteroatoms. The van der Waals surface area contributed by atoms with Gasteiger partial charge in [0.2, 0.25) is 5.91 Å². The van der Waals surface area contributed by atoms with Crippen LogP contribution in [0.5, 0.6) is 0 Å². The second-order valence-electron chi connectivity index (χ2n) is 5.66. The first-order valence-electron chi connectivity index (χ1n) is 6.62. The number of piperidine rings is 1. The van der Waals surface area contributed by atoms with E-state index in [9.17, 15) is 4.79 Å². The fourth-order valence-electron chi connectivity index (χ4n) is 3.04. The second-order valence-corrected chi connectivity index (χ2v) is 5.66. The molecular formula is C13H24N2O. The Morgan fingerprint density at radius 1 is 1.31 bits per heavy atom. The molecule has 0 unspecified atom stereocenters. The molecule has 0 aromatic carbocycles. The van der Waals surface area contributed by atoms with Crippen LogP contribution in [0.3, 0.4) is 0 Å². The van der Waals surface area contributed by atoms with E-state index in [-0.39, 0.29) is 5.54 Å². The zero-order valence-electron chi connectivity index (χ0n) is 10.6. The number of nitrogens with one attached hydrogen (secondary N) is 1. The van der Waals surface area contributed by atoms with Crippen molar-refractivity contribution in [2.45, 2.75) is 51.0 Å². The Balaban J connectivity index is 1.99. The molecule has 16 heavy (non-hydrogen) atoms. The molecule has 1 aliphatic heterocycles. The first-order chi connectivity index (χ1) is 7.63. The van der Waals surface area contributed by atoms with Gasteiger partial charge in [0.15, 0.2) is 0 Å². The van der Waals surface area contributed by atoms with Crippen molar-refractivity contribution in [2.75, 3.05) is 20.1 Å². The summed E-state index contributed by atoms with van der Waals surface area (Å²) >= 11 is 0. The van der Waals surface area contributed by atoms with E-state index in [1.807, 2.05) is 11.9 Å². The maximum atomic E-state index is 12.3. The Labute approximate surface area is 98.6 Å². The second kappa shape index (κ2) is 4.74. The highest BCUT2D eigenvalue weighted by molar-refractivity contribution is 5.79. The first-order valence-corrected chi connectivity index (χ1v) is 6.62. The Hall–Kier alpha value is -0.570. The fourth-order valence-corrected chi connectivity index (χ4v) is 3.04. The number of carbonyl (C=O) groups excluding carboxylic acids is 1. The van der Waals surface area contributed by atoms with Gasteiger partial charge in [0.05, 0.1) is 5.54 Å². The van der Waals surface area contributed by atoms with Crippen molar-refractivity contribution in [3.63, 3.8) is 0 Å². The zero-order chi connectivity index (χ0) is 11.6. The van der Waals surface area contributed by atoms with Gasteiger partial charge in [0.25, 0.3) is 0 Å². The van der Waals surface area contributed by atoms with E-state index in [1.165, 1.54) is 19.3 Å². The van der Waals surface area contributed by atoms with Crippen LogP contribution >= 0.6 is 0 Å². The summed E-state index contributed by atoms with van der Waals surface area (Å²) in [6.07, 6.45) is 6.99. The van der Waals surface area contributed by atoms with Crippen molar-refractivity contribution in [1.82, 2.24) is 10.2 Å². The van der Waals surface area contributed by atoms with Gasteiger partial charge in [0, 0.05) is 19.5 Å². The summed E-state index contributed by atoms with van der Waals surface area (Å²) in [5.74, 6) is 0.687. The molecule has 2 aliphatic rings. The quantitative estimate of drug-likeness (QED) is 0.775. The van der Waals surface area contributed by atoms with Crippen LogP contribution in [0.2, 0.25) is 0 Å². The smallest absolute Gasteiger partial charge is 0.225 e. The molecule has 92 valence electrons. The van der Waals surface area contributed by atoms with Gasteiger partial charge in [-0.25, -0.2) is 0 Å². The molecule has 1 N–H and O–H groups in total.